The number of para-hydroxylation sites is 2. The number of hydrogen-bond acceptors (Lipinski definition) is 4. The highest BCUT2D eigenvalue weighted by atomic mass is 35.5. The Balaban J connectivity index is 1.79. The molecule has 0 amide bonds. The Labute approximate surface area is 183 Å². The van der Waals surface area contributed by atoms with Crippen molar-refractivity contribution < 1.29 is 9.72 Å². The van der Waals surface area contributed by atoms with Crippen molar-refractivity contribution in [3.63, 3.8) is 0 Å². The van der Waals surface area contributed by atoms with Crippen LogP contribution in [0.4, 0.5) is 5.69 Å². The molecular formula is C24H16ClN3O3. The summed E-state index contributed by atoms with van der Waals surface area (Å²) in [4.78, 5) is 23.7. The maximum Gasteiger partial charge on any atom is 0.278 e. The fourth-order valence-corrected chi connectivity index (χ4v) is 3.27. The van der Waals surface area contributed by atoms with Crippen LogP contribution in [0.15, 0.2) is 91.1 Å². The normalized spacial score (nSPS) is 11.0. The summed E-state index contributed by atoms with van der Waals surface area (Å²) in [6, 6.07) is 22.4. The first-order chi connectivity index (χ1) is 15.0. The van der Waals surface area contributed by atoms with E-state index in [1.54, 1.807) is 59.4 Å². The second-order valence-corrected chi connectivity index (χ2v) is 7.13. The standard InChI is InChI=1S/C24H16ClN3O3/c25-19-13-10-17(11-14-19)23(29)15-12-18-16-27(20-6-2-1-3-7-20)26-24(18)21-8-4-5-9-22(21)28(30)31/h1-16H/b15-12+. The minimum absolute atomic E-state index is 0.0560. The van der Waals surface area contributed by atoms with E-state index in [9.17, 15) is 14.9 Å². The van der Waals surface area contributed by atoms with Crippen LogP contribution < -0.4 is 0 Å². The summed E-state index contributed by atoms with van der Waals surface area (Å²) in [6.45, 7) is 0. The van der Waals surface area contributed by atoms with Crippen LogP contribution in [0.5, 0.6) is 0 Å². The highest BCUT2D eigenvalue weighted by Crippen LogP contribution is 2.32. The molecule has 0 aliphatic heterocycles. The van der Waals surface area contributed by atoms with E-state index in [1.807, 2.05) is 30.3 Å². The first-order valence-corrected chi connectivity index (χ1v) is 9.77. The molecule has 0 saturated heterocycles. The van der Waals surface area contributed by atoms with E-state index in [0.717, 1.165) is 5.69 Å². The third-order valence-corrected chi connectivity index (χ3v) is 4.91. The van der Waals surface area contributed by atoms with Crippen molar-refractivity contribution in [2.75, 3.05) is 0 Å². The quantitative estimate of drug-likeness (QED) is 0.163. The molecule has 0 spiro atoms. The first kappa shape index (κ1) is 20.3. The van der Waals surface area contributed by atoms with Gasteiger partial charge in [-0.05, 0) is 54.6 Å². The summed E-state index contributed by atoms with van der Waals surface area (Å²) in [5.74, 6) is -0.211. The fourth-order valence-electron chi connectivity index (χ4n) is 3.14. The van der Waals surface area contributed by atoms with Gasteiger partial charge in [0.1, 0.15) is 5.69 Å². The molecule has 0 N–H and O–H groups in total. The third-order valence-electron chi connectivity index (χ3n) is 4.66. The van der Waals surface area contributed by atoms with Crippen LogP contribution in [-0.4, -0.2) is 20.5 Å². The summed E-state index contributed by atoms with van der Waals surface area (Å²) in [6.07, 6.45) is 4.79. The summed E-state index contributed by atoms with van der Waals surface area (Å²) < 4.78 is 1.64. The highest BCUT2D eigenvalue weighted by molar-refractivity contribution is 6.30. The van der Waals surface area contributed by atoms with Gasteiger partial charge in [0.15, 0.2) is 5.78 Å². The largest absolute Gasteiger partial charge is 0.289 e. The predicted octanol–water partition coefficient (Wildman–Crippen LogP) is 6.00. The number of rotatable bonds is 6. The highest BCUT2D eigenvalue weighted by Gasteiger charge is 2.20. The van der Waals surface area contributed by atoms with Gasteiger partial charge >= 0.3 is 0 Å². The fraction of sp³-hybridized carbons (Fsp3) is 0. The Hall–Kier alpha value is -4.03. The third kappa shape index (κ3) is 4.44. The Kier molecular flexibility index (Phi) is 5.73. The lowest BCUT2D eigenvalue weighted by Gasteiger charge is -2.02. The summed E-state index contributed by atoms with van der Waals surface area (Å²) in [7, 11) is 0. The van der Waals surface area contributed by atoms with Crippen molar-refractivity contribution in [3.8, 4) is 16.9 Å². The van der Waals surface area contributed by atoms with E-state index in [2.05, 4.69) is 5.10 Å². The van der Waals surface area contributed by atoms with Gasteiger partial charge in [0.05, 0.1) is 16.2 Å². The molecule has 31 heavy (non-hydrogen) atoms. The molecule has 4 aromatic rings. The van der Waals surface area contributed by atoms with Gasteiger partial charge in [-0.15, -0.1) is 0 Å². The monoisotopic (exact) mass is 429 g/mol. The van der Waals surface area contributed by atoms with Gasteiger partial charge in [-0.3, -0.25) is 14.9 Å². The first-order valence-electron chi connectivity index (χ1n) is 9.40. The van der Waals surface area contributed by atoms with E-state index < -0.39 is 4.92 Å². The number of nitro benzene ring substituents is 1. The molecule has 3 aromatic carbocycles. The zero-order valence-corrected chi connectivity index (χ0v) is 16.9. The second kappa shape index (κ2) is 8.77. The molecule has 4 rings (SSSR count). The molecule has 0 fully saturated rings. The Morgan fingerprint density at radius 3 is 2.35 bits per heavy atom. The molecule has 1 heterocycles. The molecular weight excluding hydrogens is 414 g/mol. The zero-order chi connectivity index (χ0) is 21.8. The van der Waals surface area contributed by atoms with Gasteiger partial charge in [-0.2, -0.15) is 5.10 Å². The van der Waals surface area contributed by atoms with Gasteiger partial charge in [0.25, 0.3) is 5.69 Å². The molecule has 0 radical (unpaired) electrons. The van der Waals surface area contributed by atoms with Crippen molar-refractivity contribution in [1.29, 1.82) is 0 Å². The molecule has 0 aliphatic rings. The van der Waals surface area contributed by atoms with E-state index in [4.69, 9.17) is 11.6 Å². The van der Waals surface area contributed by atoms with Crippen LogP contribution in [0.3, 0.4) is 0 Å². The molecule has 0 unspecified atom stereocenters. The van der Waals surface area contributed by atoms with Gasteiger partial charge in [0.2, 0.25) is 0 Å². The van der Waals surface area contributed by atoms with E-state index in [1.165, 1.54) is 12.1 Å². The van der Waals surface area contributed by atoms with Crippen LogP contribution in [0.2, 0.25) is 5.02 Å². The summed E-state index contributed by atoms with van der Waals surface area (Å²) >= 11 is 5.88. The van der Waals surface area contributed by atoms with Crippen LogP contribution in [0.1, 0.15) is 15.9 Å². The molecule has 6 nitrogen and oxygen atoms in total. The lowest BCUT2D eigenvalue weighted by atomic mass is 10.0. The van der Waals surface area contributed by atoms with Crippen LogP contribution in [-0.2, 0) is 0 Å². The number of aromatic nitrogens is 2. The number of halogens is 1. The Bertz CT molecular complexity index is 1280. The molecule has 0 saturated carbocycles. The van der Waals surface area contributed by atoms with Crippen molar-refractivity contribution in [2.24, 2.45) is 0 Å². The molecule has 152 valence electrons. The Morgan fingerprint density at radius 1 is 0.968 bits per heavy atom. The van der Waals surface area contributed by atoms with E-state index in [0.29, 0.717) is 27.4 Å². The average Bonchev–Trinajstić information content (AvgIpc) is 3.22. The lowest BCUT2D eigenvalue weighted by molar-refractivity contribution is -0.384. The van der Waals surface area contributed by atoms with Crippen molar-refractivity contribution in [3.05, 3.63) is 117 Å². The van der Waals surface area contributed by atoms with Crippen LogP contribution in [0.25, 0.3) is 23.0 Å². The van der Waals surface area contributed by atoms with Gasteiger partial charge < -0.3 is 0 Å². The number of hydrogen-bond donors (Lipinski definition) is 0. The van der Waals surface area contributed by atoms with Gasteiger partial charge in [-0.25, -0.2) is 4.68 Å². The molecule has 0 bridgehead atoms. The van der Waals surface area contributed by atoms with Crippen molar-refractivity contribution in [2.45, 2.75) is 0 Å². The minimum atomic E-state index is -0.441. The number of nitro groups is 1. The van der Waals surface area contributed by atoms with Crippen LogP contribution >= 0.6 is 11.6 Å². The second-order valence-electron chi connectivity index (χ2n) is 6.69. The summed E-state index contributed by atoms with van der Waals surface area (Å²) in [5, 5.41) is 16.7. The molecule has 0 aliphatic carbocycles. The number of ketones is 1. The summed E-state index contributed by atoms with van der Waals surface area (Å²) in [5.41, 5.74) is 2.60. The molecule has 7 heteroatoms. The number of benzene rings is 3. The van der Waals surface area contributed by atoms with E-state index in [-0.39, 0.29) is 11.5 Å². The maximum absolute atomic E-state index is 12.6. The number of allylic oxidation sites excluding steroid dienone is 1. The maximum atomic E-state index is 12.6. The average molecular weight is 430 g/mol. The van der Waals surface area contributed by atoms with E-state index >= 15 is 0 Å². The topological polar surface area (TPSA) is 78.0 Å². The smallest absolute Gasteiger partial charge is 0.278 e. The minimum Gasteiger partial charge on any atom is -0.289 e. The van der Waals surface area contributed by atoms with Gasteiger partial charge in [-0.1, -0.05) is 41.9 Å². The zero-order valence-electron chi connectivity index (χ0n) is 16.2. The number of nitrogens with zero attached hydrogens (tertiary/aromatic N) is 3. The number of carbonyl (C=O) groups is 1. The Morgan fingerprint density at radius 2 is 1.65 bits per heavy atom. The lowest BCUT2D eigenvalue weighted by Crippen LogP contribution is -1.96. The predicted molar refractivity (Wildman–Crippen MR) is 120 cm³/mol. The van der Waals surface area contributed by atoms with Crippen molar-refractivity contribution >= 4 is 29.1 Å². The van der Waals surface area contributed by atoms with Crippen LogP contribution in [0, 0.1) is 10.1 Å². The molecule has 0 atom stereocenters. The van der Waals surface area contributed by atoms with Gasteiger partial charge in [0, 0.05) is 28.4 Å². The number of carbonyl (C=O) groups excluding carboxylic acids is 1. The SMILES string of the molecule is O=C(/C=C/c1cn(-c2ccccc2)nc1-c1ccccc1[N+](=O)[O-])c1ccc(Cl)cc1. The molecule has 1 aromatic heterocycles. The van der Waals surface area contributed by atoms with Crippen molar-refractivity contribution in [1.82, 2.24) is 9.78 Å².